The summed E-state index contributed by atoms with van der Waals surface area (Å²) in [4.78, 5) is 2.24. The lowest BCUT2D eigenvalue weighted by atomic mass is 10.0. The van der Waals surface area contributed by atoms with Gasteiger partial charge in [-0.2, -0.15) is 0 Å². The Kier molecular flexibility index (Phi) is 7.13. The van der Waals surface area contributed by atoms with Crippen molar-refractivity contribution in [2.24, 2.45) is 16.8 Å². The maximum absolute atomic E-state index is 8.63. The van der Waals surface area contributed by atoms with E-state index in [-0.39, 0.29) is 6.04 Å². The molecule has 4 heteroatoms. The van der Waals surface area contributed by atoms with Crippen LogP contribution in [0.1, 0.15) is 40.5 Å². The molecule has 0 fully saturated rings. The minimum atomic E-state index is 0.0144. The molecule has 0 aromatic carbocycles. The minimum Gasteiger partial charge on any atom is -0.409 e. The fraction of sp³-hybridized carbons (Fsp3) is 0.909. The summed E-state index contributed by atoms with van der Waals surface area (Å²) in [7, 11) is 0. The van der Waals surface area contributed by atoms with E-state index in [0.29, 0.717) is 11.8 Å². The highest BCUT2D eigenvalue weighted by Gasteiger charge is 2.18. The predicted molar refractivity (Wildman–Crippen MR) is 64.2 cm³/mol. The molecule has 0 aliphatic carbocycles. The molecule has 0 heterocycles. The van der Waals surface area contributed by atoms with Crippen LogP contribution in [-0.2, 0) is 0 Å². The van der Waals surface area contributed by atoms with Gasteiger partial charge in [-0.15, -0.1) is 0 Å². The molecule has 15 heavy (non-hydrogen) atoms. The summed E-state index contributed by atoms with van der Waals surface area (Å²) in [6, 6.07) is 0.0144. The third-order valence-corrected chi connectivity index (χ3v) is 3.14. The molecule has 0 rings (SSSR count). The number of oxime groups is 1. The second kappa shape index (κ2) is 7.51. The van der Waals surface area contributed by atoms with Crippen LogP contribution in [-0.4, -0.2) is 35.1 Å². The van der Waals surface area contributed by atoms with Gasteiger partial charge in [-0.05, 0) is 19.4 Å². The molecule has 90 valence electrons. The van der Waals surface area contributed by atoms with E-state index in [0.717, 1.165) is 13.1 Å². The van der Waals surface area contributed by atoms with Crippen molar-refractivity contribution in [2.45, 2.75) is 46.6 Å². The van der Waals surface area contributed by atoms with Gasteiger partial charge >= 0.3 is 0 Å². The van der Waals surface area contributed by atoms with Gasteiger partial charge in [-0.25, -0.2) is 0 Å². The van der Waals surface area contributed by atoms with E-state index in [1.54, 1.807) is 0 Å². The Balaban J connectivity index is 4.35. The summed E-state index contributed by atoms with van der Waals surface area (Å²) in [5.41, 5.74) is 5.61. The van der Waals surface area contributed by atoms with Crippen molar-refractivity contribution in [3.8, 4) is 0 Å². The van der Waals surface area contributed by atoms with Crippen molar-refractivity contribution in [1.82, 2.24) is 4.90 Å². The van der Waals surface area contributed by atoms with Gasteiger partial charge in [0.25, 0.3) is 0 Å². The molecule has 0 amide bonds. The van der Waals surface area contributed by atoms with Gasteiger partial charge in [0, 0.05) is 6.54 Å². The first kappa shape index (κ1) is 14.2. The number of hydrogen-bond donors (Lipinski definition) is 2. The number of nitrogens with two attached hydrogens (primary N) is 1. The molecule has 0 saturated heterocycles. The molecule has 4 nitrogen and oxygen atoms in total. The first-order chi connectivity index (χ1) is 7.10. The van der Waals surface area contributed by atoms with Crippen LogP contribution in [0.3, 0.4) is 0 Å². The molecular weight excluding hydrogens is 190 g/mol. The summed E-state index contributed by atoms with van der Waals surface area (Å²) in [6.45, 7) is 10.4. The molecule has 0 aromatic rings. The normalized spacial score (nSPS) is 14.9. The third kappa shape index (κ3) is 4.51. The predicted octanol–water partition coefficient (Wildman–Crippen LogP) is 1.88. The largest absolute Gasteiger partial charge is 0.409 e. The number of rotatable bonds is 7. The summed E-state index contributed by atoms with van der Waals surface area (Å²) in [5, 5.41) is 11.7. The van der Waals surface area contributed by atoms with Gasteiger partial charge in [0.05, 0.1) is 6.04 Å². The quantitative estimate of drug-likeness (QED) is 0.295. The Morgan fingerprint density at radius 2 is 1.87 bits per heavy atom. The van der Waals surface area contributed by atoms with Crippen LogP contribution in [0.2, 0.25) is 0 Å². The molecule has 0 radical (unpaired) electrons. The van der Waals surface area contributed by atoms with E-state index < -0.39 is 0 Å². The zero-order chi connectivity index (χ0) is 11.8. The molecule has 0 bridgehead atoms. The Hall–Kier alpha value is -0.770. The van der Waals surface area contributed by atoms with Crippen molar-refractivity contribution < 1.29 is 5.21 Å². The molecule has 1 atom stereocenters. The molecule has 0 spiro atoms. The minimum absolute atomic E-state index is 0.0144. The van der Waals surface area contributed by atoms with Crippen LogP contribution < -0.4 is 5.73 Å². The van der Waals surface area contributed by atoms with Crippen LogP contribution in [0.5, 0.6) is 0 Å². The zero-order valence-corrected chi connectivity index (χ0v) is 10.4. The number of amidine groups is 1. The highest BCUT2D eigenvalue weighted by atomic mass is 16.4. The summed E-state index contributed by atoms with van der Waals surface area (Å²) in [6.07, 6.45) is 2.35. The molecule has 0 aromatic heterocycles. The van der Waals surface area contributed by atoms with Crippen molar-refractivity contribution in [3.05, 3.63) is 0 Å². The van der Waals surface area contributed by atoms with Crippen LogP contribution in [0.25, 0.3) is 0 Å². The smallest absolute Gasteiger partial charge is 0.156 e. The Morgan fingerprint density at radius 1 is 1.33 bits per heavy atom. The standard InChI is InChI=1S/C11H25N3O/c1-5-10(6-2)8-14(7-3)9(4)11(12)13-15/h9-10,15H,5-8H2,1-4H3,(H2,12,13). The first-order valence-corrected chi connectivity index (χ1v) is 5.82. The summed E-state index contributed by atoms with van der Waals surface area (Å²) < 4.78 is 0. The molecule has 0 aliphatic rings. The number of likely N-dealkylation sites (N-methyl/N-ethyl adjacent to an activating group) is 1. The maximum atomic E-state index is 8.63. The van der Waals surface area contributed by atoms with Crippen molar-refractivity contribution in [2.75, 3.05) is 13.1 Å². The van der Waals surface area contributed by atoms with E-state index in [2.05, 4.69) is 30.8 Å². The van der Waals surface area contributed by atoms with E-state index in [4.69, 9.17) is 10.9 Å². The lowest BCUT2D eigenvalue weighted by Gasteiger charge is -2.30. The average Bonchev–Trinajstić information content (AvgIpc) is 2.29. The van der Waals surface area contributed by atoms with Crippen LogP contribution in [0.15, 0.2) is 5.16 Å². The van der Waals surface area contributed by atoms with E-state index in [1.165, 1.54) is 12.8 Å². The summed E-state index contributed by atoms with van der Waals surface area (Å²) >= 11 is 0. The molecular formula is C11H25N3O. The van der Waals surface area contributed by atoms with Crippen LogP contribution in [0.4, 0.5) is 0 Å². The van der Waals surface area contributed by atoms with Gasteiger partial charge in [-0.3, -0.25) is 4.90 Å². The van der Waals surface area contributed by atoms with Crippen molar-refractivity contribution in [3.63, 3.8) is 0 Å². The van der Waals surface area contributed by atoms with Crippen LogP contribution in [0, 0.1) is 5.92 Å². The third-order valence-electron chi connectivity index (χ3n) is 3.14. The Labute approximate surface area is 93.1 Å². The van der Waals surface area contributed by atoms with Gasteiger partial charge in [-0.1, -0.05) is 38.8 Å². The number of nitrogens with zero attached hydrogens (tertiary/aromatic N) is 2. The molecule has 3 N–H and O–H groups in total. The van der Waals surface area contributed by atoms with Gasteiger partial charge in [0.2, 0.25) is 0 Å². The maximum Gasteiger partial charge on any atom is 0.156 e. The zero-order valence-electron chi connectivity index (χ0n) is 10.4. The Morgan fingerprint density at radius 3 is 2.20 bits per heavy atom. The first-order valence-electron chi connectivity index (χ1n) is 5.82. The van der Waals surface area contributed by atoms with E-state index in [9.17, 15) is 0 Å². The lowest BCUT2D eigenvalue weighted by molar-refractivity contribution is 0.211. The van der Waals surface area contributed by atoms with Gasteiger partial charge in [0.15, 0.2) is 5.84 Å². The van der Waals surface area contributed by atoms with Gasteiger partial charge < -0.3 is 10.9 Å². The van der Waals surface area contributed by atoms with E-state index >= 15 is 0 Å². The van der Waals surface area contributed by atoms with Gasteiger partial charge in [0.1, 0.15) is 0 Å². The highest BCUT2D eigenvalue weighted by molar-refractivity contribution is 5.84. The number of hydrogen-bond acceptors (Lipinski definition) is 3. The monoisotopic (exact) mass is 215 g/mol. The fourth-order valence-electron chi connectivity index (χ4n) is 1.71. The summed E-state index contributed by atoms with van der Waals surface area (Å²) in [5.74, 6) is 0.988. The second-order valence-electron chi connectivity index (χ2n) is 3.97. The fourth-order valence-corrected chi connectivity index (χ4v) is 1.71. The molecule has 0 aliphatic heterocycles. The highest BCUT2D eigenvalue weighted by Crippen LogP contribution is 2.12. The molecule has 1 unspecified atom stereocenters. The molecule has 0 saturated carbocycles. The van der Waals surface area contributed by atoms with E-state index in [1.807, 2.05) is 6.92 Å². The topological polar surface area (TPSA) is 61.8 Å². The van der Waals surface area contributed by atoms with Crippen molar-refractivity contribution in [1.29, 1.82) is 0 Å². The average molecular weight is 215 g/mol. The van der Waals surface area contributed by atoms with Crippen LogP contribution >= 0.6 is 0 Å². The van der Waals surface area contributed by atoms with Crippen molar-refractivity contribution >= 4 is 5.84 Å². The SMILES string of the molecule is CCC(CC)CN(CC)C(C)C(N)=NO. The lowest BCUT2D eigenvalue weighted by Crippen LogP contribution is -2.44. The second-order valence-corrected chi connectivity index (χ2v) is 3.97. The Bertz CT molecular complexity index is 190.